The van der Waals surface area contributed by atoms with Gasteiger partial charge in [0.1, 0.15) is 5.82 Å². The molecule has 21 heavy (non-hydrogen) atoms. The molecule has 0 unspecified atom stereocenters. The first-order valence-electron chi connectivity index (χ1n) is 7.98. The number of hydrogen-bond acceptors (Lipinski definition) is 3. The predicted octanol–water partition coefficient (Wildman–Crippen LogP) is 1.99. The van der Waals surface area contributed by atoms with Crippen molar-refractivity contribution in [3.63, 3.8) is 0 Å². The zero-order valence-electron chi connectivity index (χ0n) is 13.3. The van der Waals surface area contributed by atoms with Crippen molar-refractivity contribution in [2.24, 2.45) is 0 Å². The van der Waals surface area contributed by atoms with Crippen molar-refractivity contribution in [1.82, 2.24) is 24.6 Å². The third-order valence-electron chi connectivity index (χ3n) is 4.24. The lowest BCUT2D eigenvalue weighted by Gasteiger charge is -2.16. The van der Waals surface area contributed by atoms with Crippen LogP contribution in [-0.2, 0) is 32.5 Å². The van der Waals surface area contributed by atoms with Gasteiger partial charge in [0, 0.05) is 50.4 Å². The van der Waals surface area contributed by atoms with Gasteiger partial charge in [0.15, 0.2) is 0 Å². The lowest BCUT2D eigenvalue weighted by Crippen LogP contribution is -2.25. The summed E-state index contributed by atoms with van der Waals surface area (Å²) >= 11 is 0. The number of imidazole rings is 1. The van der Waals surface area contributed by atoms with Crippen molar-refractivity contribution in [1.29, 1.82) is 0 Å². The van der Waals surface area contributed by atoms with Crippen LogP contribution in [0, 0.1) is 13.8 Å². The van der Waals surface area contributed by atoms with E-state index in [4.69, 9.17) is 4.98 Å². The van der Waals surface area contributed by atoms with Crippen molar-refractivity contribution in [2.75, 3.05) is 6.54 Å². The first-order valence-corrected chi connectivity index (χ1v) is 7.98. The summed E-state index contributed by atoms with van der Waals surface area (Å²) in [6.45, 7) is 10.4. The number of hydrogen-bond donors (Lipinski definition) is 1. The van der Waals surface area contributed by atoms with Crippen LogP contribution in [0.4, 0.5) is 0 Å². The van der Waals surface area contributed by atoms with Crippen molar-refractivity contribution in [2.45, 2.75) is 59.7 Å². The molecule has 114 valence electrons. The van der Waals surface area contributed by atoms with Gasteiger partial charge in [-0.25, -0.2) is 4.98 Å². The average molecular weight is 287 g/mol. The van der Waals surface area contributed by atoms with Crippen LogP contribution in [-0.4, -0.2) is 25.9 Å². The second-order valence-electron chi connectivity index (χ2n) is 5.86. The molecule has 0 saturated heterocycles. The SMILES string of the molecule is CCc1nc2c(n1CCCn1nc(C)cc1C)CCNC2. The van der Waals surface area contributed by atoms with Crippen molar-refractivity contribution >= 4 is 0 Å². The number of aromatic nitrogens is 4. The number of rotatable bonds is 5. The number of fused-ring (bicyclic) bond motifs is 1. The molecule has 0 atom stereocenters. The zero-order chi connectivity index (χ0) is 14.8. The fourth-order valence-corrected chi connectivity index (χ4v) is 3.24. The molecule has 5 heteroatoms. The average Bonchev–Trinajstić information content (AvgIpc) is 2.99. The van der Waals surface area contributed by atoms with E-state index >= 15 is 0 Å². The van der Waals surface area contributed by atoms with Crippen LogP contribution in [0.1, 0.15) is 41.9 Å². The molecule has 0 aromatic carbocycles. The summed E-state index contributed by atoms with van der Waals surface area (Å²) in [6, 6.07) is 2.14. The van der Waals surface area contributed by atoms with E-state index in [-0.39, 0.29) is 0 Å². The van der Waals surface area contributed by atoms with Gasteiger partial charge in [0.2, 0.25) is 0 Å². The first kappa shape index (κ1) is 14.3. The van der Waals surface area contributed by atoms with Crippen LogP contribution in [0.5, 0.6) is 0 Å². The molecule has 2 aromatic rings. The Hall–Kier alpha value is -1.62. The van der Waals surface area contributed by atoms with E-state index in [1.807, 2.05) is 0 Å². The van der Waals surface area contributed by atoms with E-state index < -0.39 is 0 Å². The molecule has 2 aromatic heterocycles. The van der Waals surface area contributed by atoms with Crippen LogP contribution in [0.2, 0.25) is 0 Å². The van der Waals surface area contributed by atoms with Crippen molar-refractivity contribution in [3.05, 3.63) is 34.7 Å². The normalized spacial score (nSPS) is 14.4. The monoisotopic (exact) mass is 287 g/mol. The summed E-state index contributed by atoms with van der Waals surface area (Å²) in [5.41, 5.74) is 5.05. The largest absolute Gasteiger partial charge is 0.332 e. The molecule has 0 saturated carbocycles. The third kappa shape index (κ3) is 2.88. The van der Waals surface area contributed by atoms with Crippen LogP contribution in [0.3, 0.4) is 0 Å². The Balaban J connectivity index is 1.70. The van der Waals surface area contributed by atoms with E-state index in [0.29, 0.717) is 0 Å². The molecule has 0 amide bonds. The Morgan fingerprint density at radius 2 is 2.14 bits per heavy atom. The lowest BCUT2D eigenvalue weighted by atomic mass is 10.2. The van der Waals surface area contributed by atoms with Gasteiger partial charge in [0.05, 0.1) is 11.4 Å². The Kier molecular flexibility index (Phi) is 4.10. The molecule has 0 bridgehead atoms. The second-order valence-corrected chi connectivity index (χ2v) is 5.86. The lowest BCUT2D eigenvalue weighted by molar-refractivity contribution is 0.494. The van der Waals surface area contributed by atoms with E-state index in [2.05, 4.69) is 46.5 Å². The topological polar surface area (TPSA) is 47.7 Å². The third-order valence-corrected chi connectivity index (χ3v) is 4.24. The summed E-state index contributed by atoms with van der Waals surface area (Å²) in [4.78, 5) is 4.79. The molecule has 1 aliphatic heterocycles. The highest BCUT2D eigenvalue weighted by Crippen LogP contribution is 2.17. The molecule has 5 nitrogen and oxygen atoms in total. The maximum Gasteiger partial charge on any atom is 0.108 e. The maximum absolute atomic E-state index is 4.79. The first-order chi connectivity index (χ1) is 10.2. The standard InChI is InChI=1S/C16H25N5/c1-4-16-18-14-11-17-7-6-15(14)20(16)8-5-9-21-13(3)10-12(2)19-21/h10,17H,4-9,11H2,1-3H3. The van der Waals surface area contributed by atoms with Gasteiger partial charge in [-0.05, 0) is 26.3 Å². The van der Waals surface area contributed by atoms with E-state index in [1.165, 1.54) is 22.9 Å². The van der Waals surface area contributed by atoms with E-state index in [9.17, 15) is 0 Å². The minimum absolute atomic E-state index is 0.923. The minimum atomic E-state index is 0.923. The Morgan fingerprint density at radius 3 is 2.86 bits per heavy atom. The molecule has 0 spiro atoms. The molecule has 3 heterocycles. The molecular formula is C16H25N5. The second kappa shape index (κ2) is 6.02. The van der Waals surface area contributed by atoms with Crippen LogP contribution >= 0.6 is 0 Å². The van der Waals surface area contributed by atoms with Gasteiger partial charge in [-0.1, -0.05) is 6.92 Å². The van der Waals surface area contributed by atoms with Crippen molar-refractivity contribution in [3.8, 4) is 0 Å². The van der Waals surface area contributed by atoms with Gasteiger partial charge in [0.25, 0.3) is 0 Å². The van der Waals surface area contributed by atoms with Crippen LogP contribution in [0.15, 0.2) is 6.07 Å². The summed E-state index contributed by atoms with van der Waals surface area (Å²) in [5.74, 6) is 1.23. The van der Waals surface area contributed by atoms with E-state index in [0.717, 1.165) is 51.1 Å². The smallest absolute Gasteiger partial charge is 0.108 e. The minimum Gasteiger partial charge on any atom is -0.332 e. The van der Waals surface area contributed by atoms with Crippen LogP contribution in [0.25, 0.3) is 0 Å². The van der Waals surface area contributed by atoms with Gasteiger partial charge in [-0.3, -0.25) is 4.68 Å². The summed E-state index contributed by atoms with van der Waals surface area (Å²) in [5, 5.41) is 7.95. The molecule has 1 aliphatic rings. The maximum atomic E-state index is 4.79. The number of aryl methyl sites for hydroxylation is 4. The Labute approximate surface area is 126 Å². The van der Waals surface area contributed by atoms with Crippen molar-refractivity contribution < 1.29 is 0 Å². The fraction of sp³-hybridized carbons (Fsp3) is 0.625. The molecule has 0 aliphatic carbocycles. The molecule has 1 N–H and O–H groups in total. The quantitative estimate of drug-likeness (QED) is 0.915. The van der Waals surface area contributed by atoms with Gasteiger partial charge in [-0.15, -0.1) is 0 Å². The molecule has 3 rings (SSSR count). The molecular weight excluding hydrogens is 262 g/mol. The van der Waals surface area contributed by atoms with E-state index in [1.54, 1.807) is 0 Å². The zero-order valence-corrected chi connectivity index (χ0v) is 13.3. The highest BCUT2D eigenvalue weighted by atomic mass is 15.3. The van der Waals surface area contributed by atoms with Gasteiger partial charge in [-0.2, -0.15) is 5.10 Å². The summed E-state index contributed by atoms with van der Waals surface area (Å²) in [7, 11) is 0. The predicted molar refractivity (Wildman–Crippen MR) is 83.3 cm³/mol. The number of nitrogens with one attached hydrogen (secondary N) is 1. The fourth-order valence-electron chi connectivity index (χ4n) is 3.24. The Bertz CT molecular complexity index is 623. The molecule has 0 fully saturated rings. The summed E-state index contributed by atoms with van der Waals surface area (Å²) in [6.07, 6.45) is 3.21. The number of nitrogens with zero attached hydrogens (tertiary/aromatic N) is 4. The molecule has 0 radical (unpaired) electrons. The van der Waals surface area contributed by atoms with Gasteiger partial charge < -0.3 is 9.88 Å². The Morgan fingerprint density at radius 1 is 1.29 bits per heavy atom. The highest BCUT2D eigenvalue weighted by Gasteiger charge is 2.18. The van der Waals surface area contributed by atoms with Gasteiger partial charge >= 0.3 is 0 Å². The van der Waals surface area contributed by atoms with Crippen LogP contribution < -0.4 is 5.32 Å². The highest BCUT2D eigenvalue weighted by molar-refractivity contribution is 5.20. The summed E-state index contributed by atoms with van der Waals surface area (Å²) < 4.78 is 4.56.